The molecule has 1 aliphatic heterocycles. The summed E-state index contributed by atoms with van der Waals surface area (Å²) in [4.78, 5) is 6.57. The Morgan fingerprint density at radius 1 is 1.23 bits per heavy atom. The van der Waals surface area contributed by atoms with E-state index in [9.17, 15) is 13.2 Å². The maximum absolute atomic E-state index is 12.9. The molecule has 0 N–H and O–H groups in total. The molecule has 118 valence electrons. The number of rotatable bonds is 1. The minimum Gasteiger partial charge on any atom is -0.371 e. The number of alkyl halides is 3. The molecule has 0 spiro atoms. The standard InChI is InChI=1S/C17H19F3N2/c1-11-4-3-7-22(10-11)16-8-12(2)21-15-9-13(17(18,19)20)5-6-14(15)16/h5-6,8-9,11H,3-4,7,10H2,1-2H3. The molecule has 1 unspecified atom stereocenters. The van der Waals surface area contributed by atoms with E-state index in [4.69, 9.17) is 0 Å². The Kier molecular flexibility index (Phi) is 3.75. The third kappa shape index (κ3) is 2.89. The van der Waals surface area contributed by atoms with Crippen molar-refractivity contribution in [3.8, 4) is 0 Å². The van der Waals surface area contributed by atoms with E-state index in [-0.39, 0.29) is 0 Å². The van der Waals surface area contributed by atoms with Crippen LogP contribution >= 0.6 is 0 Å². The van der Waals surface area contributed by atoms with Crippen molar-refractivity contribution in [1.82, 2.24) is 4.98 Å². The average Bonchev–Trinajstić information content (AvgIpc) is 2.44. The molecule has 1 saturated heterocycles. The fraction of sp³-hybridized carbons (Fsp3) is 0.471. The van der Waals surface area contributed by atoms with Gasteiger partial charge in [-0.3, -0.25) is 4.98 Å². The lowest BCUT2D eigenvalue weighted by Crippen LogP contribution is -2.34. The summed E-state index contributed by atoms with van der Waals surface area (Å²) in [6.07, 6.45) is -2.01. The van der Waals surface area contributed by atoms with Gasteiger partial charge in [-0.25, -0.2) is 0 Å². The summed E-state index contributed by atoms with van der Waals surface area (Å²) in [6, 6.07) is 5.84. The van der Waals surface area contributed by atoms with Crippen LogP contribution in [0.15, 0.2) is 24.3 Å². The molecule has 0 saturated carbocycles. The lowest BCUT2D eigenvalue weighted by Gasteiger charge is -2.33. The van der Waals surface area contributed by atoms with Crippen LogP contribution < -0.4 is 4.90 Å². The molecule has 0 aliphatic carbocycles. The van der Waals surface area contributed by atoms with Crippen LogP contribution in [0, 0.1) is 12.8 Å². The predicted molar refractivity (Wildman–Crippen MR) is 82.1 cm³/mol. The zero-order valence-electron chi connectivity index (χ0n) is 12.7. The van der Waals surface area contributed by atoms with Crippen LogP contribution in [0.1, 0.15) is 31.0 Å². The van der Waals surface area contributed by atoms with Crippen LogP contribution in [-0.4, -0.2) is 18.1 Å². The minimum atomic E-state index is -4.33. The Bertz CT molecular complexity index is 694. The number of nitrogens with zero attached hydrogens (tertiary/aromatic N) is 2. The molecule has 2 nitrogen and oxygen atoms in total. The fourth-order valence-corrected chi connectivity index (χ4v) is 3.18. The number of benzene rings is 1. The normalized spacial score (nSPS) is 19.7. The molecule has 3 rings (SSSR count). The van der Waals surface area contributed by atoms with Crippen molar-refractivity contribution in [2.75, 3.05) is 18.0 Å². The Morgan fingerprint density at radius 3 is 2.68 bits per heavy atom. The summed E-state index contributed by atoms with van der Waals surface area (Å²) in [5.74, 6) is 0.603. The first-order valence-electron chi connectivity index (χ1n) is 7.58. The van der Waals surface area contributed by atoms with Gasteiger partial charge in [-0.2, -0.15) is 13.2 Å². The maximum atomic E-state index is 12.9. The monoisotopic (exact) mass is 308 g/mol. The molecular formula is C17H19F3N2. The Balaban J connectivity index is 2.10. The summed E-state index contributed by atoms with van der Waals surface area (Å²) in [5.41, 5.74) is 1.53. The first-order valence-corrected chi connectivity index (χ1v) is 7.58. The van der Waals surface area contributed by atoms with Crippen LogP contribution in [0.3, 0.4) is 0 Å². The third-order valence-corrected chi connectivity index (χ3v) is 4.24. The molecule has 1 aromatic heterocycles. The number of hydrogen-bond donors (Lipinski definition) is 0. The van der Waals surface area contributed by atoms with Crippen molar-refractivity contribution in [1.29, 1.82) is 0 Å². The van der Waals surface area contributed by atoms with Crippen LogP contribution in [0.2, 0.25) is 0 Å². The number of anilines is 1. The lowest BCUT2D eigenvalue weighted by molar-refractivity contribution is -0.137. The van der Waals surface area contributed by atoms with E-state index in [2.05, 4.69) is 16.8 Å². The molecule has 2 heterocycles. The van der Waals surface area contributed by atoms with Crippen molar-refractivity contribution in [2.45, 2.75) is 32.9 Å². The minimum absolute atomic E-state index is 0.419. The van der Waals surface area contributed by atoms with Crippen molar-refractivity contribution >= 4 is 16.6 Å². The number of aryl methyl sites for hydroxylation is 1. The van der Waals surface area contributed by atoms with Gasteiger partial charge in [0.1, 0.15) is 0 Å². The van der Waals surface area contributed by atoms with Gasteiger partial charge in [0.2, 0.25) is 0 Å². The van der Waals surface area contributed by atoms with Crippen molar-refractivity contribution in [3.63, 3.8) is 0 Å². The number of hydrogen-bond acceptors (Lipinski definition) is 2. The molecule has 0 amide bonds. The first kappa shape index (κ1) is 15.1. The summed E-state index contributed by atoms with van der Waals surface area (Å²) >= 11 is 0. The Morgan fingerprint density at radius 2 is 2.00 bits per heavy atom. The smallest absolute Gasteiger partial charge is 0.371 e. The molecule has 1 aromatic carbocycles. The molecule has 1 fully saturated rings. The van der Waals surface area contributed by atoms with E-state index in [1.54, 1.807) is 6.07 Å². The van der Waals surface area contributed by atoms with Gasteiger partial charge in [0.05, 0.1) is 11.1 Å². The maximum Gasteiger partial charge on any atom is 0.416 e. The van der Waals surface area contributed by atoms with E-state index in [1.807, 2.05) is 13.0 Å². The topological polar surface area (TPSA) is 16.1 Å². The molecular weight excluding hydrogens is 289 g/mol. The van der Waals surface area contributed by atoms with E-state index in [1.165, 1.54) is 6.42 Å². The van der Waals surface area contributed by atoms with Gasteiger partial charge in [0.25, 0.3) is 0 Å². The highest BCUT2D eigenvalue weighted by atomic mass is 19.4. The molecule has 1 aliphatic rings. The third-order valence-electron chi connectivity index (χ3n) is 4.24. The summed E-state index contributed by atoms with van der Waals surface area (Å²) in [5, 5.41) is 0.799. The zero-order chi connectivity index (χ0) is 15.9. The Hall–Kier alpha value is -1.78. The quantitative estimate of drug-likeness (QED) is 0.752. The average molecular weight is 308 g/mol. The second-order valence-corrected chi connectivity index (χ2v) is 6.21. The lowest BCUT2D eigenvalue weighted by atomic mass is 9.98. The summed E-state index contributed by atoms with van der Waals surface area (Å²) in [6.45, 7) is 5.93. The van der Waals surface area contributed by atoms with Gasteiger partial charge < -0.3 is 4.90 Å². The zero-order valence-corrected chi connectivity index (χ0v) is 12.7. The van der Waals surface area contributed by atoms with Gasteiger partial charge >= 0.3 is 6.18 Å². The van der Waals surface area contributed by atoms with Gasteiger partial charge in [0, 0.05) is 29.9 Å². The molecule has 5 heteroatoms. The van der Waals surface area contributed by atoms with Crippen LogP contribution in [0.5, 0.6) is 0 Å². The highest BCUT2D eigenvalue weighted by Gasteiger charge is 2.31. The molecule has 0 bridgehead atoms. The first-order chi connectivity index (χ1) is 10.3. The SMILES string of the molecule is Cc1cc(N2CCCC(C)C2)c2ccc(C(F)(F)F)cc2n1. The van der Waals surface area contributed by atoms with Gasteiger partial charge in [0.15, 0.2) is 0 Å². The number of halogens is 3. The second-order valence-electron chi connectivity index (χ2n) is 6.21. The number of aromatic nitrogens is 1. The molecule has 2 aromatic rings. The Labute approximate surface area is 128 Å². The largest absolute Gasteiger partial charge is 0.416 e. The number of fused-ring (bicyclic) bond motifs is 1. The highest BCUT2D eigenvalue weighted by molar-refractivity contribution is 5.92. The van der Waals surface area contributed by atoms with Crippen molar-refractivity contribution < 1.29 is 13.2 Å². The second kappa shape index (κ2) is 5.45. The van der Waals surface area contributed by atoms with Gasteiger partial charge in [-0.15, -0.1) is 0 Å². The summed E-state index contributed by atoms with van der Waals surface area (Å²) in [7, 11) is 0. The van der Waals surface area contributed by atoms with Gasteiger partial charge in [-0.1, -0.05) is 13.0 Å². The van der Waals surface area contributed by atoms with E-state index < -0.39 is 11.7 Å². The number of piperidine rings is 1. The van der Waals surface area contributed by atoms with Crippen LogP contribution in [0.25, 0.3) is 10.9 Å². The van der Waals surface area contributed by atoms with E-state index in [0.717, 1.165) is 48.4 Å². The number of pyridine rings is 1. The van der Waals surface area contributed by atoms with E-state index in [0.29, 0.717) is 11.4 Å². The van der Waals surface area contributed by atoms with Crippen LogP contribution in [0.4, 0.5) is 18.9 Å². The van der Waals surface area contributed by atoms with Crippen molar-refractivity contribution in [2.24, 2.45) is 5.92 Å². The fourth-order valence-electron chi connectivity index (χ4n) is 3.18. The predicted octanol–water partition coefficient (Wildman–Crippen LogP) is 4.80. The van der Waals surface area contributed by atoms with Crippen LogP contribution in [-0.2, 0) is 6.18 Å². The molecule has 0 radical (unpaired) electrons. The van der Waals surface area contributed by atoms with Gasteiger partial charge in [-0.05, 0) is 43.9 Å². The molecule has 22 heavy (non-hydrogen) atoms. The highest BCUT2D eigenvalue weighted by Crippen LogP contribution is 2.35. The summed E-state index contributed by atoms with van der Waals surface area (Å²) < 4.78 is 38.7. The van der Waals surface area contributed by atoms with Crippen molar-refractivity contribution in [3.05, 3.63) is 35.5 Å². The van der Waals surface area contributed by atoms with E-state index >= 15 is 0 Å². The molecule has 1 atom stereocenters.